The van der Waals surface area contributed by atoms with Gasteiger partial charge >= 0.3 is 0 Å². The summed E-state index contributed by atoms with van der Waals surface area (Å²) in [5.74, 6) is -0.0379. The van der Waals surface area contributed by atoms with E-state index in [-0.39, 0.29) is 0 Å². The average molecular weight is 311 g/mol. The van der Waals surface area contributed by atoms with Gasteiger partial charge in [-0.25, -0.2) is 9.97 Å². The minimum absolute atomic E-state index is 0.411. The van der Waals surface area contributed by atoms with Gasteiger partial charge in [-0.2, -0.15) is 10.5 Å². The summed E-state index contributed by atoms with van der Waals surface area (Å²) < 4.78 is 0. The summed E-state index contributed by atoms with van der Waals surface area (Å²) in [6, 6.07) is 22.6. The fraction of sp³-hybridized carbons (Fsp3) is 0.0526. The summed E-state index contributed by atoms with van der Waals surface area (Å²) in [6.45, 7) is 0. The van der Waals surface area contributed by atoms with Crippen LogP contribution in [0.5, 0.6) is 0 Å². The Kier molecular flexibility index (Phi) is 4.46. The Balaban J connectivity index is 1.86. The number of anilines is 2. The van der Waals surface area contributed by atoms with Gasteiger partial charge in [0.05, 0.1) is 23.4 Å². The normalized spacial score (nSPS) is 11.1. The number of nitriles is 2. The molecule has 0 saturated heterocycles. The second-order valence-electron chi connectivity index (χ2n) is 5.09. The van der Waals surface area contributed by atoms with Crippen molar-refractivity contribution in [3.8, 4) is 12.1 Å². The molecule has 0 aliphatic rings. The third-order valence-corrected chi connectivity index (χ3v) is 3.51. The van der Waals surface area contributed by atoms with Crippen molar-refractivity contribution >= 4 is 11.6 Å². The van der Waals surface area contributed by atoms with E-state index in [4.69, 9.17) is 5.26 Å². The summed E-state index contributed by atoms with van der Waals surface area (Å²) in [6.07, 6.45) is 1.63. The number of aromatic nitrogens is 2. The zero-order chi connectivity index (χ0) is 16.8. The molecule has 5 heteroatoms. The molecule has 1 heterocycles. The van der Waals surface area contributed by atoms with Crippen LogP contribution in [0.2, 0.25) is 0 Å². The lowest BCUT2D eigenvalue weighted by molar-refractivity contribution is 0.948. The first-order valence-electron chi connectivity index (χ1n) is 7.35. The molecule has 0 saturated carbocycles. The van der Waals surface area contributed by atoms with Crippen LogP contribution in [0.4, 0.5) is 11.6 Å². The highest BCUT2D eigenvalue weighted by Gasteiger charge is 2.15. The first-order valence-corrected chi connectivity index (χ1v) is 7.35. The molecule has 0 bridgehead atoms. The highest BCUT2D eigenvalue weighted by Crippen LogP contribution is 2.23. The quantitative estimate of drug-likeness (QED) is 0.793. The molecular weight excluding hydrogens is 298 g/mol. The molecule has 0 fully saturated rings. The Labute approximate surface area is 139 Å². The lowest BCUT2D eigenvalue weighted by Crippen LogP contribution is -2.05. The monoisotopic (exact) mass is 311 g/mol. The summed E-state index contributed by atoms with van der Waals surface area (Å²) in [5.41, 5.74) is 2.89. The lowest BCUT2D eigenvalue weighted by Gasteiger charge is -2.11. The fourth-order valence-electron chi connectivity index (χ4n) is 2.31. The van der Waals surface area contributed by atoms with Crippen molar-refractivity contribution in [2.45, 2.75) is 5.92 Å². The van der Waals surface area contributed by atoms with Gasteiger partial charge in [-0.05, 0) is 35.9 Å². The molecule has 3 aromatic rings. The van der Waals surface area contributed by atoms with E-state index in [0.29, 0.717) is 17.2 Å². The van der Waals surface area contributed by atoms with Crippen LogP contribution in [-0.2, 0) is 0 Å². The van der Waals surface area contributed by atoms with E-state index in [0.717, 1.165) is 11.3 Å². The molecule has 0 aliphatic carbocycles. The number of nitrogens with one attached hydrogen (secondary N) is 1. The average Bonchev–Trinajstić information content (AvgIpc) is 2.64. The summed E-state index contributed by atoms with van der Waals surface area (Å²) in [7, 11) is 0. The van der Waals surface area contributed by atoms with E-state index < -0.39 is 5.92 Å². The van der Waals surface area contributed by atoms with Crippen LogP contribution in [0.25, 0.3) is 0 Å². The third kappa shape index (κ3) is 3.37. The number of hydrogen-bond donors (Lipinski definition) is 1. The van der Waals surface area contributed by atoms with Crippen molar-refractivity contribution in [3.63, 3.8) is 0 Å². The third-order valence-electron chi connectivity index (χ3n) is 3.51. The van der Waals surface area contributed by atoms with Gasteiger partial charge in [-0.3, -0.25) is 0 Å². The minimum Gasteiger partial charge on any atom is -0.324 e. The SMILES string of the molecule is N#Cc1ccc(Nc2nccc(C(C#N)c3ccccc3)n2)cc1. The summed E-state index contributed by atoms with van der Waals surface area (Å²) >= 11 is 0. The molecule has 24 heavy (non-hydrogen) atoms. The van der Waals surface area contributed by atoms with Crippen LogP contribution in [0.3, 0.4) is 0 Å². The number of rotatable bonds is 4. The van der Waals surface area contributed by atoms with E-state index in [1.165, 1.54) is 0 Å². The summed E-state index contributed by atoms with van der Waals surface area (Å²) in [5, 5.41) is 21.4. The van der Waals surface area contributed by atoms with Crippen molar-refractivity contribution in [1.82, 2.24) is 9.97 Å². The molecule has 0 spiro atoms. The van der Waals surface area contributed by atoms with Crippen LogP contribution in [-0.4, -0.2) is 9.97 Å². The second kappa shape index (κ2) is 7.04. The van der Waals surface area contributed by atoms with Gasteiger partial charge in [0.2, 0.25) is 5.95 Å². The van der Waals surface area contributed by atoms with Crippen LogP contribution in [0.15, 0.2) is 66.9 Å². The van der Waals surface area contributed by atoms with Gasteiger partial charge in [-0.1, -0.05) is 30.3 Å². The first-order chi connectivity index (χ1) is 11.8. The van der Waals surface area contributed by atoms with Crippen LogP contribution in [0, 0.1) is 22.7 Å². The van der Waals surface area contributed by atoms with E-state index in [1.807, 2.05) is 30.3 Å². The Hall–Kier alpha value is -3.70. The van der Waals surface area contributed by atoms with Gasteiger partial charge < -0.3 is 5.32 Å². The minimum atomic E-state index is -0.448. The molecule has 1 N–H and O–H groups in total. The van der Waals surface area contributed by atoms with Crippen molar-refractivity contribution in [1.29, 1.82) is 10.5 Å². The predicted molar refractivity (Wildman–Crippen MR) is 90.4 cm³/mol. The molecule has 0 aliphatic heterocycles. The van der Waals surface area contributed by atoms with Crippen LogP contribution >= 0.6 is 0 Å². The molecule has 1 unspecified atom stereocenters. The van der Waals surface area contributed by atoms with Crippen molar-refractivity contribution in [3.05, 3.63) is 83.7 Å². The Morgan fingerprint density at radius 1 is 0.917 bits per heavy atom. The number of nitrogens with zero attached hydrogens (tertiary/aromatic N) is 4. The Morgan fingerprint density at radius 3 is 2.33 bits per heavy atom. The highest BCUT2D eigenvalue weighted by atomic mass is 15.1. The number of hydrogen-bond acceptors (Lipinski definition) is 5. The molecule has 114 valence electrons. The van der Waals surface area contributed by atoms with E-state index in [1.54, 1.807) is 36.5 Å². The maximum Gasteiger partial charge on any atom is 0.227 e. The molecule has 1 atom stereocenters. The second-order valence-corrected chi connectivity index (χ2v) is 5.09. The zero-order valence-electron chi connectivity index (χ0n) is 12.7. The Morgan fingerprint density at radius 2 is 1.67 bits per heavy atom. The maximum atomic E-state index is 9.51. The standard InChI is InChI=1S/C19H13N5/c20-12-14-6-8-16(9-7-14)23-19-22-11-10-18(24-19)17(13-21)15-4-2-1-3-5-15/h1-11,17H,(H,22,23,24). The number of benzene rings is 2. The first kappa shape index (κ1) is 15.2. The van der Waals surface area contributed by atoms with E-state index in [2.05, 4.69) is 27.4 Å². The predicted octanol–water partition coefficient (Wildman–Crippen LogP) is 3.75. The molecule has 3 rings (SSSR count). The highest BCUT2D eigenvalue weighted by molar-refractivity contribution is 5.55. The molecule has 2 aromatic carbocycles. The fourth-order valence-corrected chi connectivity index (χ4v) is 2.31. The Bertz CT molecular complexity index is 905. The van der Waals surface area contributed by atoms with Gasteiger partial charge in [0.1, 0.15) is 5.92 Å². The van der Waals surface area contributed by atoms with Crippen LogP contribution in [0.1, 0.15) is 22.7 Å². The molecular formula is C19H13N5. The van der Waals surface area contributed by atoms with Gasteiger partial charge in [0.25, 0.3) is 0 Å². The molecule has 5 nitrogen and oxygen atoms in total. The zero-order valence-corrected chi connectivity index (χ0v) is 12.7. The van der Waals surface area contributed by atoms with Gasteiger partial charge in [-0.15, -0.1) is 0 Å². The van der Waals surface area contributed by atoms with Crippen molar-refractivity contribution < 1.29 is 0 Å². The summed E-state index contributed by atoms with van der Waals surface area (Å²) in [4.78, 5) is 8.64. The van der Waals surface area contributed by atoms with E-state index >= 15 is 0 Å². The van der Waals surface area contributed by atoms with Gasteiger partial charge in [0.15, 0.2) is 0 Å². The van der Waals surface area contributed by atoms with E-state index in [9.17, 15) is 5.26 Å². The molecule has 0 radical (unpaired) electrons. The largest absolute Gasteiger partial charge is 0.324 e. The van der Waals surface area contributed by atoms with Crippen LogP contribution < -0.4 is 5.32 Å². The molecule has 0 amide bonds. The smallest absolute Gasteiger partial charge is 0.227 e. The topological polar surface area (TPSA) is 85.4 Å². The van der Waals surface area contributed by atoms with Gasteiger partial charge in [0, 0.05) is 11.9 Å². The maximum absolute atomic E-state index is 9.51. The lowest BCUT2D eigenvalue weighted by atomic mass is 9.97. The van der Waals surface area contributed by atoms with Crippen molar-refractivity contribution in [2.75, 3.05) is 5.32 Å². The molecule has 1 aromatic heterocycles. The van der Waals surface area contributed by atoms with Crippen molar-refractivity contribution in [2.24, 2.45) is 0 Å².